The number of rotatable bonds is 3. The number of likely N-dealkylation sites (tertiary alicyclic amines) is 1. The Kier molecular flexibility index (Phi) is 2.77. The molecule has 1 aromatic carbocycles. The van der Waals surface area contributed by atoms with Gasteiger partial charge in [0.05, 0.1) is 0 Å². The molecule has 1 aliphatic carbocycles. The van der Waals surface area contributed by atoms with Crippen LogP contribution in [0.5, 0.6) is 0 Å². The summed E-state index contributed by atoms with van der Waals surface area (Å²) in [4.78, 5) is 6.86. The summed E-state index contributed by atoms with van der Waals surface area (Å²) in [6.45, 7) is 2.39. The van der Waals surface area contributed by atoms with Gasteiger partial charge in [0, 0.05) is 59.7 Å². The molecule has 1 atom stereocenters. The predicted octanol–water partition coefficient (Wildman–Crippen LogP) is 2.47. The number of benzene rings is 1. The molecular formula is C16H20N4. The van der Waals surface area contributed by atoms with Crippen molar-refractivity contribution in [2.75, 3.05) is 24.1 Å². The van der Waals surface area contributed by atoms with Crippen molar-refractivity contribution in [1.29, 1.82) is 0 Å². The first-order valence-electron chi connectivity index (χ1n) is 7.44. The molecule has 2 aromatic rings. The van der Waals surface area contributed by atoms with Crippen molar-refractivity contribution in [2.45, 2.75) is 31.3 Å². The van der Waals surface area contributed by atoms with Gasteiger partial charge in [0.15, 0.2) is 0 Å². The minimum atomic E-state index is 0.544. The van der Waals surface area contributed by atoms with Gasteiger partial charge in [-0.3, -0.25) is 9.88 Å². The molecule has 2 aliphatic rings. The zero-order valence-corrected chi connectivity index (χ0v) is 11.5. The monoisotopic (exact) mass is 268 g/mol. The van der Waals surface area contributed by atoms with E-state index < -0.39 is 0 Å². The molecule has 4 nitrogen and oxygen atoms in total. The Bertz CT molecular complexity index is 635. The zero-order valence-electron chi connectivity index (χ0n) is 11.5. The van der Waals surface area contributed by atoms with Crippen molar-refractivity contribution in [3.8, 4) is 0 Å². The van der Waals surface area contributed by atoms with E-state index in [1.165, 1.54) is 25.8 Å². The van der Waals surface area contributed by atoms with E-state index in [0.717, 1.165) is 34.7 Å². The molecule has 104 valence electrons. The van der Waals surface area contributed by atoms with Crippen molar-refractivity contribution in [2.24, 2.45) is 0 Å². The van der Waals surface area contributed by atoms with Crippen LogP contribution >= 0.6 is 0 Å². The van der Waals surface area contributed by atoms with Crippen LogP contribution in [-0.4, -0.2) is 35.1 Å². The summed E-state index contributed by atoms with van der Waals surface area (Å²) in [7, 11) is 0. The molecule has 2 heterocycles. The largest absolute Gasteiger partial charge is 0.398 e. The quantitative estimate of drug-likeness (QED) is 0.840. The average Bonchev–Trinajstić information content (AvgIpc) is 3.23. The topological polar surface area (TPSA) is 54.2 Å². The van der Waals surface area contributed by atoms with E-state index in [0.29, 0.717) is 6.04 Å². The Morgan fingerprint density at radius 3 is 2.90 bits per heavy atom. The summed E-state index contributed by atoms with van der Waals surface area (Å²) in [6, 6.07) is 7.47. The molecule has 1 aromatic heterocycles. The maximum absolute atomic E-state index is 6.04. The second-order valence-corrected chi connectivity index (χ2v) is 5.98. The number of fused-ring (bicyclic) bond motifs is 1. The van der Waals surface area contributed by atoms with E-state index in [2.05, 4.69) is 21.3 Å². The lowest BCUT2D eigenvalue weighted by Gasteiger charge is -2.18. The first-order chi connectivity index (χ1) is 9.81. The fourth-order valence-corrected chi connectivity index (χ4v) is 3.24. The smallest absolute Gasteiger partial charge is 0.0439 e. The van der Waals surface area contributed by atoms with Crippen LogP contribution in [0.15, 0.2) is 30.6 Å². The Hall–Kier alpha value is -1.81. The summed E-state index contributed by atoms with van der Waals surface area (Å²) < 4.78 is 0. The van der Waals surface area contributed by atoms with Gasteiger partial charge in [0.25, 0.3) is 0 Å². The number of hydrogen-bond acceptors (Lipinski definition) is 4. The van der Waals surface area contributed by atoms with Crippen LogP contribution < -0.4 is 11.1 Å². The summed E-state index contributed by atoms with van der Waals surface area (Å²) in [5.41, 5.74) is 8.02. The molecule has 2 fully saturated rings. The lowest BCUT2D eigenvalue weighted by atomic mass is 10.1. The van der Waals surface area contributed by atoms with Crippen molar-refractivity contribution < 1.29 is 0 Å². The summed E-state index contributed by atoms with van der Waals surface area (Å²) in [5.74, 6) is 0. The van der Waals surface area contributed by atoms with Crippen LogP contribution in [0.1, 0.15) is 19.3 Å². The zero-order chi connectivity index (χ0) is 13.5. The molecule has 0 radical (unpaired) electrons. The molecule has 1 unspecified atom stereocenters. The van der Waals surface area contributed by atoms with Crippen LogP contribution in [0.2, 0.25) is 0 Å². The molecule has 4 heteroatoms. The first-order valence-corrected chi connectivity index (χ1v) is 7.44. The standard InChI is InChI=1S/C16H20N4/c17-15-3-4-16(14-9-18-7-5-13(14)15)19-11-6-8-20(10-11)12-1-2-12/h3-5,7,9,11-12,19H,1-2,6,8,10,17H2. The minimum Gasteiger partial charge on any atom is -0.398 e. The molecule has 0 spiro atoms. The highest BCUT2D eigenvalue weighted by atomic mass is 15.2. The number of anilines is 2. The van der Waals surface area contributed by atoms with E-state index >= 15 is 0 Å². The van der Waals surface area contributed by atoms with Crippen LogP contribution in [0, 0.1) is 0 Å². The number of aromatic nitrogens is 1. The Labute approximate surface area is 119 Å². The second kappa shape index (κ2) is 4.63. The number of hydrogen-bond donors (Lipinski definition) is 2. The number of pyridine rings is 1. The number of nitrogen functional groups attached to an aromatic ring is 1. The maximum atomic E-state index is 6.04. The predicted molar refractivity (Wildman–Crippen MR) is 82.8 cm³/mol. The molecule has 1 aliphatic heterocycles. The lowest BCUT2D eigenvalue weighted by Crippen LogP contribution is -2.27. The average molecular weight is 268 g/mol. The van der Waals surface area contributed by atoms with Crippen molar-refractivity contribution in [3.05, 3.63) is 30.6 Å². The fourth-order valence-electron chi connectivity index (χ4n) is 3.24. The Morgan fingerprint density at radius 1 is 1.15 bits per heavy atom. The third-order valence-corrected chi connectivity index (χ3v) is 4.49. The lowest BCUT2D eigenvalue weighted by molar-refractivity contribution is 0.326. The van der Waals surface area contributed by atoms with Crippen LogP contribution in [0.4, 0.5) is 11.4 Å². The SMILES string of the molecule is Nc1ccc(NC2CCN(C3CC3)C2)c2cnccc12. The van der Waals surface area contributed by atoms with Gasteiger partial charge in [-0.05, 0) is 37.5 Å². The number of nitrogens with one attached hydrogen (secondary N) is 1. The van der Waals surface area contributed by atoms with Crippen molar-refractivity contribution >= 4 is 22.1 Å². The van der Waals surface area contributed by atoms with Gasteiger partial charge in [-0.2, -0.15) is 0 Å². The summed E-state index contributed by atoms with van der Waals surface area (Å²) in [6.07, 6.45) is 7.71. The molecule has 20 heavy (non-hydrogen) atoms. The van der Waals surface area contributed by atoms with Gasteiger partial charge in [0.1, 0.15) is 0 Å². The highest BCUT2D eigenvalue weighted by Crippen LogP contribution is 2.32. The van der Waals surface area contributed by atoms with Crippen LogP contribution in [0.25, 0.3) is 10.8 Å². The fraction of sp³-hybridized carbons (Fsp3) is 0.438. The van der Waals surface area contributed by atoms with Gasteiger partial charge in [-0.15, -0.1) is 0 Å². The van der Waals surface area contributed by atoms with Gasteiger partial charge >= 0.3 is 0 Å². The molecular weight excluding hydrogens is 248 g/mol. The Morgan fingerprint density at radius 2 is 2.05 bits per heavy atom. The Balaban J connectivity index is 1.58. The van der Waals surface area contributed by atoms with E-state index in [1.54, 1.807) is 6.20 Å². The van der Waals surface area contributed by atoms with Crippen LogP contribution in [-0.2, 0) is 0 Å². The third-order valence-electron chi connectivity index (χ3n) is 4.49. The van der Waals surface area contributed by atoms with Gasteiger partial charge in [-0.1, -0.05) is 0 Å². The van der Waals surface area contributed by atoms with Gasteiger partial charge in [0.2, 0.25) is 0 Å². The van der Waals surface area contributed by atoms with E-state index in [-0.39, 0.29) is 0 Å². The van der Waals surface area contributed by atoms with Crippen molar-refractivity contribution in [1.82, 2.24) is 9.88 Å². The second-order valence-electron chi connectivity index (χ2n) is 5.98. The molecule has 3 N–H and O–H groups in total. The number of nitrogens with zero attached hydrogens (tertiary/aromatic N) is 2. The van der Waals surface area contributed by atoms with Crippen LogP contribution in [0.3, 0.4) is 0 Å². The summed E-state index contributed by atoms with van der Waals surface area (Å²) in [5, 5.41) is 5.89. The maximum Gasteiger partial charge on any atom is 0.0439 e. The highest BCUT2D eigenvalue weighted by molar-refractivity contribution is 6.00. The normalized spacial score (nSPS) is 23.3. The van der Waals surface area contributed by atoms with E-state index in [9.17, 15) is 0 Å². The summed E-state index contributed by atoms with van der Waals surface area (Å²) >= 11 is 0. The van der Waals surface area contributed by atoms with Gasteiger partial charge < -0.3 is 11.1 Å². The minimum absolute atomic E-state index is 0.544. The molecule has 0 bridgehead atoms. The molecule has 1 saturated carbocycles. The molecule has 1 saturated heterocycles. The van der Waals surface area contributed by atoms with Gasteiger partial charge in [-0.25, -0.2) is 0 Å². The van der Waals surface area contributed by atoms with E-state index in [4.69, 9.17) is 5.73 Å². The molecule has 4 rings (SSSR count). The molecule has 0 amide bonds. The van der Waals surface area contributed by atoms with E-state index in [1.807, 2.05) is 18.3 Å². The third kappa shape index (κ3) is 2.10. The number of nitrogens with two attached hydrogens (primary N) is 1. The first kappa shape index (κ1) is 12.0. The van der Waals surface area contributed by atoms with Crippen molar-refractivity contribution in [3.63, 3.8) is 0 Å². The highest BCUT2D eigenvalue weighted by Gasteiger charge is 2.34.